The summed E-state index contributed by atoms with van der Waals surface area (Å²) in [5.41, 5.74) is 0.466. The van der Waals surface area contributed by atoms with E-state index >= 15 is 0 Å². The van der Waals surface area contributed by atoms with Crippen molar-refractivity contribution in [3.05, 3.63) is 29.8 Å². The van der Waals surface area contributed by atoms with E-state index in [2.05, 4.69) is 10.6 Å². The third-order valence-electron chi connectivity index (χ3n) is 6.38. The zero-order chi connectivity index (χ0) is 26.4. The van der Waals surface area contributed by atoms with Crippen molar-refractivity contribution in [1.82, 2.24) is 10.6 Å². The van der Waals surface area contributed by atoms with Crippen molar-refractivity contribution < 1.29 is 24.2 Å². The van der Waals surface area contributed by atoms with Crippen molar-refractivity contribution in [1.29, 1.82) is 0 Å². The molecule has 1 atom stereocenters. The fraction of sp³-hybridized carbons (Fsp3) is 0.714. The molecule has 3 rings (SSSR count). The SMILES string of the molecule is C1CCC(NC2CCCCC2)CC1.COc1ccc(C[Se]C[C@@H](NC(=O)OC(C)(C)C)C(=O)O)cc1. The molecule has 8 heteroatoms. The Balaban J connectivity index is 0.000000293. The van der Waals surface area contributed by atoms with Crippen LogP contribution in [0, 0.1) is 0 Å². The normalized spacial score (nSPS) is 17.9. The summed E-state index contributed by atoms with van der Waals surface area (Å²) in [6.07, 6.45) is 13.9. The first-order valence-electron chi connectivity index (χ1n) is 13.4. The number of nitrogens with one attached hydrogen (secondary N) is 2. The number of benzene rings is 1. The van der Waals surface area contributed by atoms with Gasteiger partial charge in [0.2, 0.25) is 0 Å². The number of carboxylic acid groups (broad SMARTS) is 1. The van der Waals surface area contributed by atoms with E-state index in [1.807, 2.05) is 24.3 Å². The number of alkyl carbamates (subject to hydrolysis) is 1. The number of carboxylic acids is 1. The zero-order valence-corrected chi connectivity index (χ0v) is 24.2. The van der Waals surface area contributed by atoms with Crippen molar-refractivity contribution in [3.63, 3.8) is 0 Å². The van der Waals surface area contributed by atoms with Gasteiger partial charge in [-0.1, -0.05) is 38.5 Å². The summed E-state index contributed by atoms with van der Waals surface area (Å²) in [5, 5.41) is 16.7. The van der Waals surface area contributed by atoms with E-state index in [1.165, 1.54) is 64.2 Å². The van der Waals surface area contributed by atoms with Gasteiger partial charge < -0.3 is 5.32 Å². The maximum atomic E-state index is 11.7. The first-order chi connectivity index (χ1) is 17.2. The van der Waals surface area contributed by atoms with Gasteiger partial charge in [-0.2, -0.15) is 0 Å². The first-order valence-corrected chi connectivity index (χ1v) is 15.8. The van der Waals surface area contributed by atoms with Crippen LogP contribution in [0.5, 0.6) is 5.75 Å². The second-order valence-electron chi connectivity index (χ2n) is 10.7. The Morgan fingerprint density at radius 3 is 1.94 bits per heavy atom. The topological polar surface area (TPSA) is 96.9 Å². The van der Waals surface area contributed by atoms with E-state index in [1.54, 1.807) is 27.9 Å². The summed E-state index contributed by atoms with van der Waals surface area (Å²) in [7, 11) is 1.61. The molecule has 7 nitrogen and oxygen atoms in total. The Kier molecular flexibility index (Phi) is 13.7. The molecule has 204 valence electrons. The van der Waals surface area contributed by atoms with Gasteiger partial charge in [-0.3, -0.25) is 0 Å². The van der Waals surface area contributed by atoms with Crippen molar-refractivity contribution in [3.8, 4) is 5.75 Å². The number of aliphatic carboxylic acids is 1. The average molecular weight is 570 g/mol. The summed E-state index contributed by atoms with van der Waals surface area (Å²) in [5.74, 6) is -0.260. The third-order valence-corrected chi connectivity index (χ3v) is 8.70. The van der Waals surface area contributed by atoms with Crippen LogP contribution in [0.25, 0.3) is 0 Å². The van der Waals surface area contributed by atoms with Crippen LogP contribution in [0.3, 0.4) is 0 Å². The molecule has 0 aliphatic heterocycles. The molecule has 0 spiro atoms. The molecule has 2 saturated carbocycles. The minimum atomic E-state index is -1.05. The fourth-order valence-corrected chi connectivity index (χ4v) is 6.63. The Morgan fingerprint density at radius 2 is 1.50 bits per heavy atom. The second kappa shape index (κ2) is 16.2. The Hall–Kier alpha value is -1.76. The van der Waals surface area contributed by atoms with Crippen molar-refractivity contribution in [2.45, 2.75) is 119 Å². The zero-order valence-electron chi connectivity index (χ0n) is 22.5. The number of ether oxygens (including phenoxy) is 2. The van der Waals surface area contributed by atoms with E-state index in [4.69, 9.17) is 9.47 Å². The molecule has 1 aromatic carbocycles. The molecule has 2 aliphatic rings. The molecule has 0 radical (unpaired) electrons. The number of carbonyl (C=O) groups excluding carboxylic acids is 1. The summed E-state index contributed by atoms with van der Waals surface area (Å²) < 4.78 is 10.2. The second-order valence-corrected chi connectivity index (χ2v) is 12.9. The average Bonchev–Trinajstić information content (AvgIpc) is 2.84. The molecule has 2 aliphatic carbocycles. The van der Waals surface area contributed by atoms with Crippen LogP contribution in [0.15, 0.2) is 24.3 Å². The fourth-order valence-electron chi connectivity index (χ4n) is 4.51. The molecular weight excluding hydrogens is 523 g/mol. The number of hydrogen-bond acceptors (Lipinski definition) is 5. The number of carbonyl (C=O) groups is 2. The number of amides is 1. The van der Waals surface area contributed by atoms with Crippen molar-refractivity contribution in [2.75, 3.05) is 7.11 Å². The summed E-state index contributed by atoms with van der Waals surface area (Å²) in [6, 6.07) is 8.48. The van der Waals surface area contributed by atoms with Gasteiger partial charge in [-0.05, 0) is 25.7 Å². The maximum absolute atomic E-state index is 11.7. The summed E-state index contributed by atoms with van der Waals surface area (Å²) >= 11 is 0.0483. The predicted molar refractivity (Wildman–Crippen MR) is 145 cm³/mol. The van der Waals surface area contributed by atoms with Gasteiger partial charge in [0.1, 0.15) is 0 Å². The molecule has 0 bridgehead atoms. The Morgan fingerprint density at radius 1 is 0.972 bits per heavy atom. The number of methoxy groups -OCH3 is 1. The van der Waals surface area contributed by atoms with Crippen molar-refractivity contribution >= 4 is 27.0 Å². The molecule has 1 amide bonds. The van der Waals surface area contributed by atoms with E-state index in [0.717, 1.165) is 28.7 Å². The quantitative estimate of drug-likeness (QED) is 0.338. The van der Waals surface area contributed by atoms with Crippen LogP contribution in [0.4, 0.5) is 4.79 Å². The van der Waals surface area contributed by atoms with Crippen LogP contribution >= 0.6 is 0 Å². The molecule has 0 unspecified atom stereocenters. The van der Waals surface area contributed by atoms with E-state index in [-0.39, 0.29) is 15.0 Å². The van der Waals surface area contributed by atoms with Gasteiger partial charge >= 0.3 is 142 Å². The van der Waals surface area contributed by atoms with Gasteiger partial charge in [0.15, 0.2) is 0 Å². The molecule has 1 aromatic rings. The standard InChI is InChI=1S/C16H23NO5Se.C12H23N/c1-16(2,3)22-15(20)17-13(14(18)19)10-23-9-11-5-7-12(21-4)8-6-11;1-3-7-11(8-4-1)13-12-9-5-2-6-10-12/h5-8,13H,9-10H2,1-4H3,(H,17,20)(H,18,19);11-13H,1-10H2/t13-;/m1./s1. The van der Waals surface area contributed by atoms with Crippen LogP contribution in [0.1, 0.15) is 90.5 Å². The minimum absolute atomic E-state index is 0.0483. The van der Waals surface area contributed by atoms with Crippen molar-refractivity contribution in [2.24, 2.45) is 0 Å². The van der Waals surface area contributed by atoms with Crippen LogP contribution < -0.4 is 15.4 Å². The third kappa shape index (κ3) is 13.0. The van der Waals surface area contributed by atoms with Crippen LogP contribution in [0.2, 0.25) is 5.32 Å². The molecule has 36 heavy (non-hydrogen) atoms. The number of rotatable bonds is 9. The van der Waals surface area contributed by atoms with E-state index in [9.17, 15) is 14.7 Å². The van der Waals surface area contributed by atoms with Gasteiger partial charge in [0.25, 0.3) is 0 Å². The van der Waals surface area contributed by atoms with Gasteiger partial charge in [0, 0.05) is 12.1 Å². The van der Waals surface area contributed by atoms with Gasteiger partial charge in [0.05, 0.1) is 0 Å². The van der Waals surface area contributed by atoms with E-state index < -0.39 is 23.7 Å². The van der Waals surface area contributed by atoms with E-state index in [0.29, 0.717) is 5.32 Å². The Labute approximate surface area is 223 Å². The first kappa shape index (κ1) is 30.5. The Bertz CT molecular complexity index is 753. The molecule has 0 aromatic heterocycles. The number of hydrogen-bond donors (Lipinski definition) is 3. The molecular formula is C28H46N2O5Se. The van der Waals surface area contributed by atoms with Gasteiger partial charge in [-0.15, -0.1) is 0 Å². The monoisotopic (exact) mass is 570 g/mol. The molecule has 3 N–H and O–H groups in total. The van der Waals surface area contributed by atoms with Gasteiger partial charge in [-0.25, -0.2) is 0 Å². The molecule has 0 saturated heterocycles. The molecule has 2 fully saturated rings. The molecule has 0 heterocycles. The van der Waals surface area contributed by atoms with Crippen LogP contribution in [-0.4, -0.2) is 63.0 Å². The summed E-state index contributed by atoms with van der Waals surface area (Å²) in [6.45, 7) is 5.20. The summed E-state index contributed by atoms with van der Waals surface area (Å²) in [4.78, 5) is 22.9. The van der Waals surface area contributed by atoms with Crippen LogP contribution in [-0.2, 0) is 14.9 Å². The predicted octanol–water partition coefficient (Wildman–Crippen LogP) is 5.54.